The highest BCUT2D eigenvalue weighted by atomic mass is 35.5. The molecule has 0 radical (unpaired) electrons. The molecule has 1 atom stereocenters. The van der Waals surface area contributed by atoms with Gasteiger partial charge in [0.15, 0.2) is 0 Å². The Morgan fingerprint density at radius 3 is 2.57 bits per heavy atom. The van der Waals surface area contributed by atoms with Crippen LogP contribution in [0.5, 0.6) is 0 Å². The van der Waals surface area contributed by atoms with Crippen molar-refractivity contribution >= 4 is 24.0 Å². The lowest BCUT2D eigenvalue weighted by Crippen LogP contribution is -2.49. The fourth-order valence-electron chi connectivity index (χ4n) is 2.86. The second-order valence-electron chi connectivity index (χ2n) is 6.00. The van der Waals surface area contributed by atoms with Crippen LogP contribution in [0.1, 0.15) is 25.5 Å². The van der Waals surface area contributed by atoms with Crippen molar-refractivity contribution in [1.29, 1.82) is 0 Å². The molecule has 0 amide bonds. The highest BCUT2D eigenvalue weighted by Crippen LogP contribution is 2.41. The molecule has 1 aromatic carbocycles. The van der Waals surface area contributed by atoms with Gasteiger partial charge in [-0.1, -0.05) is 25.4 Å². The number of benzene rings is 1. The summed E-state index contributed by atoms with van der Waals surface area (Å²) in [4.78, 5) is 2.27. The number of piperazine rings is 1. The lowest BCUT2D eigenvalue weighted by atomic mass is 9.79. The number of rotatable bonds is 4. The third-order valence-corrected chi connectivity index (χ3v) is 4.26. The summed E-state index contributed by atoms with van der Waals surface area (Å²) in [5.74, 6) is -0.293. The van der Waals surface area contributed by atoms with E-state index in [1.54, 1.807) is 6.07 Å². The Kier molecular flexibility index (Phi) is 6.88. The highest BCUT2D eigenvalue weighted by Gasteiger charge is 2.36. The molecule has 0 aromatic heterocycles. The summed E-state index contributed by atoms with van der Waals surface area (Å²) in [7, 11) is 0. The van der Waals surface area contributed by atoms with Crippen molar-refractivity contribution in [1.82, 2.24) is 10.2 Å². The number of hydrogen-bond donors (Lipinski definition) is 2. The van der Waals surface area contributed by atoms with Crippen LogP contribution >= 0.6 is 24.0 Å². The van der Waals surface area contributed by atoms with E-state index in [9.17, 15) is 9.50 Å². The van der Waals surface area contributed by atoms with Crippen molar-refractivity contribution in [2.75, 3.05) is 32.8 Å². The fourth-order valence-corrected chi connectivity index (χ4v) is 3.08. The second kappa shape index (κ2) is 7.75. The van der Waals surface area contributed by atoms with Crippen LogP contribution in [0.3, 0.4) is 0 Å². The van der Waals surface area contributed by atoms with Crippen LogP contribution in [0.15, 0.2) is 18.2 Å². The number of nitrogens with zero attached hydrogens (tertiary/aromatic N) is 1. The van der Waals surface area contributed by atoms with Gasteiger partial charge in [0.25, 0.3) is 0 Å². The second-order valence-corrected chi connectivity index (χ2v) is 6.41. The van der Waals surface area contributed by atoms with Crippen LogP contribution in [-0.2, 0) is 0 Å². The van der Waals surface area contributed by atoms with E-state index in [1.165, 1.54) is 12.1 Å². The van der Waals surface area contributed by atoms with Gasteiger partial charge in [-0.05, 0) is 23.8 Å². The zero-order valence-electron chi connectivity index (χ0n) is 12.4. The maximum absolute atomic E-state index is 13.6. The van der Waals surface area contributed by atoms with E-state index < -0.39 is 5.41 Å². The van der Waals surface area contributed by atoms with Crippen LogP contribution in [0.25, 0.3) is 0 Å². The number of halogens is 3. The molecule has 1 fully saturated rings. The van der Waals surface area contributed by atoms with Crippen molar-refractivity contribution in [2.24, 2.45) is 5.41 Å². The summed E-state index contributed by atoms with van der Waals surface area (Å²) in [5, 5.41) is 13.6. The van der Waals surface area contributed by atoms with E-state index in [2.05, 4.69) is 10.2 Å². The Bertz CT molecular complexity index is 465. The molecule has 0 saturated carbocycles. The normalized spacial score (nSPS) is 18.1. The SMILES string of the molecule is CC(C)(CO)[C@@H](c1cc(F)ccc1Cl)N1CCNCC1.Cl. The smallest absolute Gasteiger partial charge is 0.123 e. The molecule has 0 aliphatic carbocycles. The minimum absolute atomic E-state index is 0. The largest absolute Gasteiger partial charge is 0.396 e. The van der Waals surface area contributed by atoms with E-state index in [0.29, 0.717) is 5.02 Å². The molecule has 1 aromatic rings. The molecule has 0 spiro atoms. The highest BCUT2D eigenvalue weighted by molar-refractivity contribution is 6.31. The zero-order chi connectivity index (χ0) is 14.8. The standard InChI is InChI=1S/C15H22ClFN2O.ClH/c1-15(2,10-20)14(19-7-5-18-6-8-19)12-9-11(17)3-4-13(12)16;/h3-4,9,14,18,20H,5-8,10H2,1-2H3;1H/t14-;/m1./s1. The monoisotopic (exact) mass is 336 g/mol. The average molecular weight is 337 g/mol. The average Bonchev–Trinajstić information content (AvgIpc) is 2.44. The maximum Gasteiger partial charge on any atom is 0.123 e. The van der Waals surface area contributed by atoms with Crippen molar-refractivity contribution in [2.45, 2.75) is 19.9 Å². The van der Waals surface area contributed by atoms with E-state index in [1.807, 2.05) is 13.8 Å². The molecule has 1 saturated heterocycles. The minimum atomic E-state index is -0.394. The van der Waals surface area contributed by atoms with Crippen molar-refractivity contribution in [3.63, 3.8) is 0 Å². The Labute approximate surface area is 136 Å². The van der Waals surface area contributed by atoms with Crippen molar-refractivity contribution in [3.8, 4) is 0 Å². The molecular weight excluding hydrogens is 314 g/mol. The van der Waals surface area contributed by atoms with Gasteiger partial charge in [-0.2, -0.15) is 0 Å². The topological polar surface area (TPSA) is 35.5 Å². The quantitative estimate of drug-likeness (QED) is 0.887. The van der Waals surface area contributed by atoms with Crippen LogP contribution in [0.4, 0.5) is 4.39 Å². The molecule has 120 valence electrons. The fraction of sp³-hybridized carbons (Fsp3) is 0.600. The van der Waals surface area contributed by atoms with Crippen molar-refractivity contribution in [3.05, 3.63) is 34.6 Å². The molecule has 2 rings (SSSR count). The minimum Gasteiger partial charge on any atom is -0.396 e. The summed E-state index contributed by atoms with van der Waals surface area (Å²) in [6, 6.07) is 4.35. The molecule has 1 heterocycles. The molecule has 0 bridgehead atoms. The van der Waals surface area contributed by atoms with E-state index >= 15 is 0 Å². The van der Waals surface area contributed by atoms with Gasteiger partial charge in [-0.15, -0.1) is 12.4 Å². The van der Waals surface area contributed by atoms with E-state index in [4.69, 9.17) is 11.6 Å². The third-order valence-electron chi connectivity index (χ3n) is 3.92. The molecule has 1 aliphatic heterocycles. The summed E-state index contributed by atoms with van der Waals surface area (Å²) < 4.78 is 13.6. The lowest BCUT2D eigenvalue weighted by molar-refractivity contribution is 0.0304. The third kappa shape index (κ3) is 4.30. The molecular formula is C15H23Cl2FN2O. The first kappa shape index (κ1) is 18.7. The van der Waals surface area contributed by atoms with E-state index in [-0.39, 0.29) is 30.9 Å². The van der Waals surface area contributed by atoms with Crippen LogP contribution in [0.2, 0.25) is 5.02 Å². The summed E-state index contributed by atoms with van der Waals surface area (Å²) >= 11 is 6.28. The molecule has 21 heavy (non-hydrogen) atoms. The summed E-state index contributed by atoms with van der Waals surface area (Å²) in [6.07, 6.45) is 0. The van der Waals surface area contributed by atoms with E-state index in [0.717, 1.165) is 31.7 Å². The van der Waals surface area contributed by atoms with Crippen molar-refractivity contribution < 1.29 is 9.50 Å². The summed E-state index contributed by atoms with van der Waals surface area (Å²) in [5.41, 5.74) is 0.363. The van der Waals surface area contributed by atoms with Gasteiger partial charge in [-0.25, -0.2) is 4.39 Å². The van der Waals surface area contributed by atoms with Gasteiger partial charge < -0.3 is 10.4 Å². The number of hydrogen-bond acceptors (Lipinski definition) is 3. The number of aliphatic hydroxyl groups is 1. The lowest BCUT2D eigenvalue weighted by Gasteiger charge is -2.43. The Morgan fingerprint density at radius 2 is 2.00 bits per heavy atom. The van der Waals surface area contributed by atoms with Crippen LogP contribution in [-0.4, -0.2) is 42.8 Å². The van der Waals surface area contributed by atoms with Gasteiger partial charge >= 0.3 is 0 Å². The predicted octanol–water partition coefficient (Wildman–Crippen LogP) is 2.87. The van der Waals surface area contributed by atoms with Crippen LogP contribution < -0.4 is 5.32 Å². The molecule has 0 unspecified atom stereocenters. The Morgan fingerprint density at radius 1 is 1.38 bits per heavy atom. The zero-order valence-corrected chi connectivity index (χ0v) is 14.0. The molecule has 6 heteroatoms. The van der Waals surface area contributed by atoms with Gasteiger partial charge in [-0.3, -0.25) is 4.90 Å². The molecule has 1 aliphatic rings. The first-order valence-electron chi connectivity index (χ1n) is 6.96. The predicted molar refractivity (Wildman–Crippen MR) is 86.7 cm³/mol. The van der Waals surface area contributed by atoms with Gasteiger partial charge in [0, 0.05) is 49.3 Å². The maximum atomic E-state index is 13.6. The Hall–Kier alpha value is -0.390. The van der Waals surface area contributed by atoms with Gasteiger partial charge in [0.05, 0.1) is 0 Å². The van der Waals surface area contributed by atoms with Gasteiger partial charge in [0.1, 0.15) is 5.82 Å². The molecule has 2 N–H and O–H groups in total. The number of aliphatic hydroxyl groups excluding tert-OH is 1. The summed E-state index contributed by atoms with van der Waals surface area (Å²) in [6.45, 7) is 7.51. The molecule has 3 nitrogen and oxygen atoms in total. The first-order valence-corrected chi connectivity index (χ1v) is 7.34. The van der Waals surface area contributed by atoms with Crippen LogP contribution in [0, 0.1) is 11.2 Å². The Balaban J connectivity index is 0.00000220. The number of nitrogens with one attached hydrogen (secondary N) is 1. The van der Waals surface area contributed by atoms with Gasteiger partial charge in [0.2, 0.25) is 0 Å². The first-order chi connectivity index (χ1) is 9.45.